The molecule has 1 saturated carbocycles. The number of nitrogens with zero attached hydrogens (tertiary/aromatic N) is 1. The predicted molar refractivity (Wildman–Crippen MR) is 57.7 cm³/mol. The summed E-state index contributed by atoms with van der Waals surface area (Å²) in [6.07, 6.45) is 3.73. The normalized spacial score (nSPS) is 28.9. The molecule has 0 radical (unpaired) electrons. The zero-order valence-electron chi connectivity index (χ0n) is 9.71. The monoisotopic (exact) mass is 213 g/mol. The largest absolute Gasteiger partial charge is 0.465 e. The number of carbonyl (C=O) groups excluding carboxylic acids is 1. The van der Waals surface area contributed by atoms with Crippen LogP contribution in [0.3, 0.4) is 0 Å². The van der Waals surface area contributed by atoms with Crippen LogP contribution in [0.5, 0.6) is 0 Å². The van der Waals surface area contributed by atoms with E-state index in [1.165, 1.54) is 7.11 Å². The third-order valence-corrected chi connectivity index (χ3v) is 2.90. The van der Waals surface area contributed by atoms with Gasteiger partial charge in [0.25, 0.3) is 0 Å². The summed E-state index contributed by atoms with van der Waals surface area (Å²) in [5.74, 6) is -0.180. The third-order valence-electron chi connectivity index (χ3n) is 2.90. The standard InChI is InChI=1S/C11H19NO3/c1-4-15-10(13)11(2)8-6-5-7-9(11)12-14-3/h4-8H2,1-3H3/b12-9-/t11-/m1/s1. The number of esters is 1. The first-order valence-electron chi connectivity index (χ1n) is 5.43. The summed E-state index contributed by atoms with van der Waals surface area (Å²) in [5, 5.41) is 3.96. The molecule has 1 atom stereocenters. The van der Waals surface area contributed by atoms with Crippen LogP contribution in [0.4, 0.5) is 0 Å². The lowest BCUT2D eigenvalue weighted by Crippen LogP contribution is -2.40. The second-order valence-corrected chi connectivity index (χ2v) is 3.98. The molecule has 0 amide bonds. The fourth-order valence-electron chi connectivity index (χ4n) is 1.96. The predicted octanol–water partition coefficient (Wildman–Crippen LogP) is 2.13. The first-order chi connectivity index (χ1) is 7.15. The summed E-state index contributed by atoms with van der Waals surface area (Å²) in [7, 11) is 1.51. The van der Waals surface area contributed by atoms with Crippen molar-refractivity contribution in [3.63, 3.8) is 0 Å². The molecule has 1 fully saturated rings. The molecule has 0 aromatic rings. The summed E-state index contributed by atoms with van der Waals surface area (Å²) < 4.78 is 5.09. The second-order valence-electron chi connectivity index (χ2n) is 3.98. The Balaban J connectivity index is 2.85. The van der Waals surface area contributed by atoms with Gasteiger partial charge in [-0.15, -0.1) is 0 Å². The lowest BCUT2D eigenvalue weighted by atomic mass is 9.74. The second kappa shape index (κ2) is 5.14. The van der Waals surface area contributed by atoms with E-state index < -0.39 is 5.41 Å². The molecular formula is C11H19NO3. The summed E-state index contributed by atoms with van der Waals surface area (Å²) in [5.41, 5.74) is 0.235. The third kappa shape index (κ3) is 2.49. The van der Waals surface area contributed by atoms with Gasteiger partial charge in [-0.3, -0.25) is 4.79 Å². The minimum absolute atomic E-state index is 0.180. The molecule has 1 aliphatic rings. The van der Waals surface area contributed by atoms with Crippen molar-refractivity contribution < 1.29 is 14.4 Å². The highest BCUT2D eigenvalue weighted by atomic mass is 16.6. The van der Waals surface area contributed by atoms with Crippen LogP contribution in [0.15, 0.2) is 5.16 Å². The van der Waals surface area contributed by atoms with Crippen LogP contribution in [0, 0.1) is 5.41 Å². The number of hydrogen-bond donors (Lipinski definition) is 0. The summed E-state index contributed by atoms with van der Waals surface area (Å²) in [6, 6.07) is 0. The maximum Gasteiger partial charge on any atom is 0.317 e. The maximum atomic E-state index is 11.8. The average Bonchev–Trinajstić information content (AvgIpc) is 2.22. The fourth-order valence-corrected chi connectivity index (χ4v) is 1.96. The molecular weight excluding hydrogens is 194 g/mol. The van der Waals surface area contributed by atoms with Gasteiger partial charge in [0.05, 0.1) is 12.3 Å². The highest BCUT2D eigenvalue weighted by molar-refractivity contribution is 6.06. The summed E-state index contributed by atoms with van der Waals surface area (Å²) in [4.78, 5) is 16.6. The zero-order valence-corrected chi connectivity index (χ0v) is 9.71. The van der Waals surface area contributed by atoms with Gasteiger partial charge in [-0.25, -0.2) is 0 Å². The molecule has 0 aromatic heterocycles. The molecule has 0 heterocycles. The van der Waals surface area contributed by atoms with Crippen molar-refractivity contribution in [2.24, 2.45) is 10.6 Å². The molecule has 1 aliphatic carbocycles. The molecule has 0 bridgehead atoms. The maximum absolute atomic E-state index is 11.8. The number of hydrogen-bond acceptors (Lipinski definition) is 4. The van der Waals surface area contributed by atoms with E-state index in [4.69, 9.17) is 9.57 Å². The Hall–Kier alpha value is -1.06. The van der Waals surface area contributed by atoms with E-state index in [1.807, 2.05) is 13.8 Å². The van der Waals surface area contributed by atoms with Crippen LogP contribution in [-0.2, 0) is 14.4 Å². The fraction of sp³-hybridized carbons (Fsp3) is 0.818. The highest BCUT2D eigenvalue weighted by Gasteiger charge is 2.42. The zero-order chi connectivity index (χ0) is 11.3. The number of rotatable bonds is 3. The van der Waals surface area contributed by atoms with Gasteiger partial charge in [-0.2, -0.15) is 0 Å². The first kappa shape index (κ1) is 12.0. The molecule has 4 nitrogen and oxygen atoms in total. The van der Waals surface area contributed by atoms with Gasteiger partial charge < -0.3 is 9.57 Å². The van der Waals surface area contributed by atoms with Crippen LogP contribution < -0.4 is 0 Å². The molecule has 0 N–H and O–H groups in total. The minimum Gasteiger partial charge on any atom is -0.465 e. The molecule has 0 aliphatic heterocycles. The Bertz CT molecular complexity index is 263. The topological polar surface area (TPSA) is 47.9 Å². The lowest BCUT2D eigenvalue weighted by molar-refractivity contribution is -0.151. The number of oxime groups is 1. The first-order valence-corrected chi connectivity index (χ1v) is 5.43. The van der Waals surface area contributed by atoms with Gasteiger partial charge in [-0.1, -0.05) is 11.6 Å². The van der Waals surface area contributed by atoms with Gasteiger partial charge >= 0.3 is 5.97 Å². The van der Waals surface area contributed by atoms with Crippen molar-refractivity contribution in [3.8, 4) is 0 Å². The molecule has 4 heteroatoms. The number of ether oxygens (including phenoxy) is 1. The summed E-state index contributed by atoms with van der Waals surface area (Å²) in [6.45, 7) is 4.12. The van der Waals surface area contributed by atoms with Gasteiger partial charge in [0.1, 0.15) is 12.5 Å². The van der Waals surface area contributed by atoms with E-state index in [0.29, 0.717) is 6.61 Å². The molecule has 0 saturated heterocycles. The quantitative estimate of drug-likeness (QED) is 0.533. The van der Waals surface area contributed by atoms with E-state index >= 15 is 0 Å². The van der Waals surface area contributed by atoms with Crippen LogP contribution >= 0.6 is 0 Å². The molecule has 86 valence electrons. The van der Waals surface area contributed by atoms with E-state index in [-0.39, 0.29) is 5.97 Å². The van der Waals surface area contributed by atoms with Crippen LogP contribution in [-0.4, -0.2) is 25.4 Å². The van der Waals surface area contributed by atoms with Crippen molar-refractivity contribution in [1.82, 2.24) is 0 Å². The minimum atomic E-state index is -0.579. The van der Waals surface area contributed by atoms with Gasteiger partial charge in [0.15, 0.2) is 0 Å². The van der Waals surface area contributed by atoms with Crippen molar-refractivity contribution in [1.29, 1.82) is 0 Å². The van der Waals surface area contributed by atoms with Crippen molar-refractivity contribution in [3.05, 3.63) is 0 Å². The smallest absolute Gasteiger partial charge is 0.317 e. The Morgan fingerprint density at radius 2 is 2.27 bits per heavy atom. The van der Waals surface area contributed by atoms with Crippen LogP contribution in [0.1, 0.15) is 39.5 Å². The Labute approximate surface area is 90.6 Å². The van der Waals surface area contributed by atoms with E-state index in [9.17, 15) is 4.79 Å². The van der Waals surface area contributed by atoms with Gasteiger partial charge in [0.2, 0.25) is 0 Å². The lowest BCUT2D eigenvalue weighted by Gasteiger charge is -2.31. The Morgan fingerprint density at radius 1 is 1.53 bits per heavy atom. The van der Waals surface area contributed by atoms with Crippen molar-refractivity contribution in [2.75, 3.05) is 13.7 Å². The van der Waals surface area contributed by atoms with Crippen molar-refractivity contribution in [2.45, 2.75) is 39.5 Å². The SMILES string of the molecule is CCOC(=O)[C@]1(C)CCCC/C1=N/OC. The van der Waals surface area contributed by atoms with Crippen LogP contribution in [0.2, 0.25) is 0 Å². The highest BCUT2D eigenvalue weighted by Crippen LogP contribution is 2.35. The van der Waals surface area contributed by atoms with E-state index in [1.54, 1.807) is 0 Å². The molecule has 0 aromatic carbocycles. The molecule has 0 spiro atoms. The average molecular weight is 213 g/mol. The van der Waals surface area contributed by atoms with Crippen molar-refractivity contribution >= 4 is 11.7 Å². The molecule has 0 unspecified atom stereocenters. The van der Waals surface area contributed by atoms with E-state index in [2.05, 4.69) is 5.16 Å². The van der Waals surface area contributed by atoms with Gasteiger partial charge in [0, 0.05) is 0 Å². The summed E-state index contributed by atoms with van der Waals surface area (Å²) >= 11 is 0. The van der Waals surface area contributed by atoms with Gasteiger partial charge in [-0.05, 0) is 33.1 Å². The van der Waals surface area contributed by atoms with E-state index in [0.717, 1.165) is 31.4 Å². The number of carbonyl (C=O) groups is 1. The molecule has 15 heavy (non-hydrogen) atoms. The molecule has 1 rings (SSSR count). The van der Waals surface area contributed by atoms with Crippen LogP contribution in [0.25, 0.3) is 0 Å². The Kier molecular flexibility index (Phi) is 4.12. The Morgan fingerprint density at radius 3 is 2.87 bits per heavy atom.